The quantitative estimate of drug-likeness (QED) is 0.616. The molecule has 0 amide bonds. The average Bonchev–Trinajstić information content (AvgIpc) is 1.83. The molecule has 0 aromatic carbocycles. The summed E-state index contributed by atoms with van der Waals surface area (Å²) in [6.07, 6.45) is -6.33. The second kappa shape index (κ2) is 3.05. The van der Waals surface area contributed by atoms with E-state index in [0.29, 0.717) is 0 Å². The molecular weight excluding hydrogens is 156 g/mol. The van der Waals surface area contributed by atoms with Gasteiger partial charge in [-0.05, 0) is 13.8 Å². The minimum absolute atomic E-state index is 0.382. The molecule has 1 unspecified atom stereocenters. The molecule has 5 heteroatoms. The van der Waals surface area contributed by atoms with Crippen LogP contribution in [-0.4, -0.2) is 25.2 Å². The molecule has 64 valence electrons. The Bertz CT molecular complexity index is 132. The lowest BCUT2D eigenvalue weighted by atomic mass is 9.79. The fourth-order valence-electron chi connectivity index (χ4n) is 0.484. The topological polar surface area (TPSA) is 20.2 Å². The molecule has 0 rings (SSSR count). The molecule has 1 N–H and O–H groups in total. The van der Waals surface area contributed by atoms with Gasteiger partial charge in [-0.25, -0.2) is 0 Å². The maximum absolute atomic E-state index is 12.1. The maximum atomic E-state index is 12.1. The van der Waals surface area contributed by atoms with E-state index in [2.05, 4.69) is 0 Å². The summed E-state index contributed by atoms with van der Waals surface area (Å²) in [6, 6.07) is 0. The second-order valence-corrected chi connectivity index (χ2v) is 2.97. The highest BCUT2D eigenvalue weighted by Crippen LogP contribution is 2.40. The van der Waals surface area contributed by atoms with E-state index >= 15 is 0 Å². The van der Waals surface area contributed by atoms with Crippen LogP contribution in [0.15, 0.2) is 0 Å². The molecule has 0 aliphatic carbocycles. The highest BCUT2D eigenvalue weighted by molar-refractivity contribution is 6.08. The molecule has 0 aromatic rings. The first-order chi connectivity index (χ1) is 4.73. The predicted octanol–water partition coefficient (Wildman–Crippen LogP) is 1.52. The summed E-state index contributed by atoms with van der Waals surface area (Å²) < 4.78 is 36.2. The fourth-order valence-corrected chi connectivity index (χ4v) is 0.484. The van der Waals surface area contributed by atoms with Crippen LogP contribution in [0.2, 0.25) is 6.32 Å². The molecule has 0 saturated heterocycles. The lowest BCUT2D eigenvalue weighted by molar-refractivity contribution is -0.238. The third kappa shape index (κ3) is 2.12. The van der Waals surface area contributed by atoms with Gasteiger partial charge in [0, 0.05) is 0 Å². The summed E-state index contributed by atoms with van der Waals surface area (Å²) >= 11 is 0. The van der Waals surface area contributed by atoms with Gasteiger partial charge in [-0.3, -0.25) is 0 Å². The lowest BCUT2D eigenvalue weighted by Gasteiger charge is -2.32. The maximum Gasteiger partial charge on any atom is 0.396 e. The zero-order valence-corrected chi connectivity index (χ0v) is 6.44. The van der Waals surface area contributed by atoms with Crippen LogP contribution in [0.3, 0.4) is 0 Å². The van der Waals surface area contributed by atoms with Crippen LogP contribution in [0.1, 0.15) is 13.8 Å². The van der Waals surface area contributed by atoms with E-state index in [1.54, 1.807) is 0 Å². The first-order valence-corrected chi connectivity index (χ1v) is 3.18. The number of aliphatic hydroxyl groups excluding tert-OH is 1. The third-order valence-corrected chi connectivity index (χ3v) is 1.79. The summed E-state index contributed by atoms with van der Waals surface area (Å²) in [6.45, 7) is 1.84. The summed E-state index contributed by atoms with van der Waals surface area (Å²) in [7, 11) is 4.90. The second-order valence-electron chi connectivity index (χ2n) is 2.97. The summed E-state index contributed by atoms with van der Waals surface area (Å²) in [5, 5.41) is 8.88. The van der Waals surface area contributed by atoms with E-state index in [1.807, 2.05) is 0 Å². The molecule has 1 atom stereocenters. The van der Waals surface area contributed by atoms with Crippen molar-refractivity contribution in [2.75, 3.05) is 0 Å². The van der Waals surface area contributed by atoms with Gasteiger partial charge in [-0.15, -0.1) is 0 Å². The summed E-state index contributed by atoms with van der Waals surface area (Å²) in [5.41, 5.74) is -2.12. The van der Waals surface area contributed by atoms with Crippen molar-refractivity contribution >= 4 is 7.85 Å². The van der Waals surface area contributed by atoms with Crippen molar-refractivity contribution < 1.29 is 18.3 Å². The Morgan fingerprint density at radius 3 is 1.82 bits per heavy atom. The number of aliphatic hydroxyl groups is 1. The molecule has 0 heterocycles. The first-order valence-electron chi connectivity index (χ1n) is 3.18. The number of hydrogen-bond acceptors (Lipinski definition) is 1. The van der Waals surface area contributed by atoms with E-state index in [9.17, 15) is 13.2 Å². The van der Waals surface area contributed by atoms with Crippen LogP contribution >= 0.6 is 0 Å². The highest BCUT2D eigenvalue weighted by atomic mass is 19.4. The van der Waals surface area contributed by atoms with Crippen molar-refractivity contribution in [1.82, 2.24) is 0 Å². The number of rotatable bonds is 2. The molecule has 1 nitrogen and oxygen atoms in total. The molecule has 0 fully saturated rings. The van der Waals surface area contributed by atoms with Gasteiger partial charge in [-0.1, -0.05) is 6.32 Å². The molecule has 2 radical (unpaired) electrons. The van der Waals surface area contributed by atoms with Gasteiger partial charge >= 0.3 is 6.18 Å². The molecule has 0 aliphatic rings. The van der Waals surface area contributed by atoms with Gasteiger partial charge in [0.15, 0.2) is 0 Å². The molecular formula is C6H10BF3O. The molecule has 0 spiro atoms. The number of hydrogen-bond donors (Lipinski definition) is 1. The van der Waals surface area contributed by atoms with Crippen LogP contribution in [0, 0.1) is 5.41 Å². The monoisotopic (exact) mass is 166 g/mol. The summed E-state index contributed by atoms with van der Waals surface area (Å²) in [5.74, 6) is 0. The Hall–Kier alpha value is -0.185. The smallest absolute Gasteiger partial charge is 0.393 e. The Kier molecular flexibility index (Phi) is 3.00. The fraction of sp³-hybridized carbons (Fsp3) is 1.00. The minimum atomic E-state index is -4.41. The van der Waals surface area contributed by atoms with Gasteiger partial charge in [0.2, 0.25) is 0 Å². The lowest BCUT2D eigenvalue weighted by Crippen LogP contribution is -2.42. The van der Waals surface area contributed by atoms with Gasteiger partial charge in [0.25, 0.3) is 0 Å². The van der Waals surface area contributed by atoms with E-state index in [1.165, 1.54) is 0 Å². The van der Waals surface area contributed by atoms with Crippen molar-refractivity contribution in [2.45, 2.75) is 32.4 Å². The SMILES string of the molecule is [B]CC(O)C(C)(C)C(F)(F)F. The predicted molar refractivity (Wildman–Crippen MR) is 36.4 cm³/mol. The van der Waals surface area contributed by atoms with Crippen LogP contribution in [-0.2, 0) is 0 Å². The van der Waals surface area contributed by atoms with E-state index in [0.717, 1.165) is 13.8 Å². The third-order valence-electron chi connectivity index (χ3n) is 1.79. The average molecular weight is 166 g/mol. The van der Waals surface area contributed by atoms with Crippen molar-refractivity contribution in [3.05, 3.63) is 0 Å². The number of alkyl halides is 3. The van der Waals surface area contributed by atoms with Crippen LogP contribution in [0.5, 0.6) is 0 Å². The Labute approximate surface area is 65.0 Å². The molecule has 0 aromatic heterocycles. The normalized spacial score (nSPS) is 16.5. The largest absolute Gasteiger partial charge is 0.396 e. The van der Waals surface area contributed by atoms with E-state index in [4.69, 9.17) is 13.0 Å². The standard InChI is InChI=1S/C6H10BF3O/c1-5(2,4(11)3-7)6(8,9)10/h4,11H,3H2,1-2H3. The zero-order valence-electron chi connectivity index (χ0n) is 6.44. The van der Waals surface area contributed by atoms with Crippen molar-refractivity contribution in [3.8, 4) is 0 Å². The van der Waals surface area contributed by atoms with Crippen molar-refractivity contribution in [3.63, 3.8) is 0 Å². The Morgan fingerprint density at radius 2 is 1.73 bits per heavy atom. The summed E-state index contributed by atoms with van der Waals surface area (Å²) in [4.78, 5) is 0. The zero-order chi connectivity index (χ0) is 9.28. The Balaban J connectivity index is 4.45. The van der Waals surface area contributed by atoms with Crippen LogP contribution in [0.4, 0.5) is 13.2 Å². The number of halogens is 3. The molecule has 11 heavy (non-hydrogen) atoms. The van der Waals surface area contributed by atoms with E-state index in [-0.39, 0.29) is 6.32 Å². The van der Waals surface area contributed by atoms with Gasteiger partial charge in [-0.2, -0.15) is 13.2 Å². The van der Waals surface area contributed by atoms with Crippen molar-refractivity contribution in [2.24, 2.45) is 5.41 Å². The van der Waals surface area contributed by atoms with Crippen LogP contribution < -0.4 is 0 Å². The molecule has 0 saturated carbocycles. The molecule has 0 aliphatic heterocycles. The molecule has 0 bridgehead atoms. The Morgan fingerprint density at radius 1 is 1.36 bits per heavy atom. The van der Waals surface area contributed by atoms with Crippen molar-refractivity contribution in [1.29, 1.82) is 0 Å². The minimum Gasteiger partial charge on any atom is -0.393 e. The van der Waals surface area contributed by atoms with Gasteiger partial charge in [0.05, 0.1) is 19.4 Å². The highest BCUT2D eigenvalue weighted by Gasteiger charge is 2.51. The van der Waals surface area contributed by atoms with Gasteiger partial charge < -0.3 is 5.11 Å². The van der Waals surface area contributed by atoms with Crippen LogP contribution in [0.25, 0.3) is 0 Å². The van der Waals surface area contributed by atoms with E-state index < -0.39 is 17.7 Å². The van der Waals surface area contributed by atoms with Gasteiger partial charge in [0.1, 0.15) is 0 Å². The first kappa shape index (κ1) is 10.8.